The van der Waals surface area contributed by atoms with E-state index in [1.165, 1.54) is 57.4 Å². The third-order valence-electron chi connectivity index (χ3n) is 10.8. The second-order valence-corrected chi connectivity index (χ2v) is 13.9. The van der Waals surface area contributed by atoms with Gasteiger partial charge in [0.1, 0.15) is 5.82 Å². The summed E-state index contributed by atoms with van der Waals surface area (Å²) in [5, 5.41) is 0.108. The molecule has 41 heavy (non-hydrogen) atoms. The van der Waals surface area contributed by atoms with Crippen molar-refractivity contribution in [2.45, 2.75) is 134 Å². The van der Waals surface area contributed by atoms with Gasteiger partial charge in [-0.3, -0.25) is 0 Å². The fourth-order valence-corrected chi connectivity index (χ4v) is 8.15. The van der Waals surface area contributed by atoms with Crippen LogP contribution in [0.1, 0.15) is 121 Å². The topological polar surface area (TPSA) is 27.7 Å². The first kappa shape index (κ1) is 31.6. The minimum atomic E-state index is -3.12. The van der Waals surface area contributed by atoms with E-state index in [4.69, 9.17) is 25.8 Å². The van der Waals surface area contributed by atoms with Crippen molar-refractivity contribution in [3.8, 4) is 0 Å². The average Bonchev–Trinajstić information content (AvgIpc) is 2.99. The summed E-state index contributed by atoms with van der Waals surface area (Å²) in [5.74, 6) is 1.25. The molecule has 3 aliphatic carbocycles. The summed E-state index contributed by atoms with van der Waals surface area (Å²) >= 11 is 5.80. The van der Waals surface area contributed by atoms with E-state index in [0.29, 0.717) is 63.2 Å². The highest BCUT2D eigenvalue weighted by Gasteiger charge is 2.46. The van der Waals surface area contributed by atoms with Crippen LogP contribution in [-0.2, 0) is 14.2 Å². The lowest BCUT2D eigenvalue weighted by molar-refractivity contribution is -0.305. The highest BCUT2D eigenvalue weighted by atomic mass is 35.5. The van der Waals surface area contributed by atoms with Crippen LogP contribution < -0.4 is 0 Å². The highest BCUT2D eigenvalue weighted by molar-refractivity contribution is 6.30. The molecule has 4 aliphatic rings. The molecule has 0 aromatic heterocycles. The third-order valence-corrected chi connectivity index (χ3v) is 11.1. The summed E-state index contributed by atoms with van der Waals surface area (Å²) in [7, 11) is 0. The Morgan fingerprint density at radius 1 is 0.829 bits per heavy atom. The molecular weight excluding hydrogens is 549 g/mol. The molecule has 5 rings (SSSR count). The molecule has 1 aliphatic heterocycles. The Balaban J connectivity index is 0.993. The van der Waals surface area contributed by atoms with E-state index in [1.807, 2.05) is 6.07 Å². The van der Waals surface area contributed by atoms with Crippen molar-refractivity contribution < 1.29 is 27.4 Å². The smallest absolute Gasteiger partial charge is 0.352 e. The number of alkyl halides is 2. The van der Waals surface area contributed by atoms with Crippen LogP contribution in [0.5, 0.6) is 0 Å². The lowest BCUT2D eigenvalue weighted by Gasteiger charge is -2.42. The van der Waals surface area contributed by atoms with E-state index in [-0.39, 0.29) is 23.1 Å². The summed E-state index contributed by atoms with van der Waals surface area (Å²) in [6.07, 6.45) is 11.7. The third kappa shape index (κ3) is 8.42. The summed E-state index contributed by atoms with van der Waals surface area (Å²) in [6, 6.07) is 4.88. The normalized spacial score (nSPS) is 35.3. The molecule has 4 fully saturated rings. The van der Waals surface area contributed by atoms with E-state index in [1.54, 1.807) is 6.07 Å². The maximum absolute atomic E-state index is 15.2. The zero-order valence-corrected chi connectivity index (χ0v) is 25.6. The molecule has 1 saturated heterocycles. The van der Waals surface area contributed by atoms with Gasteiger partial charge in [0.2, 0.25) is 0 Å². The van der Waals surface area contributed by atoms with E-state index >= 15 is 8.78 Å². The minimum Gasteiger partial charge on any atom is -0.352 e. The largest absolute Gasteiger partial charge is 0.358 e. The molecule has 3 nitrogen and oxygen atoms in total. The summed E-state index contributed by atoms with van der Waals surface area (Å²) in [5.41, 5.74) is 0.888. The number of halogens is 4. The number of ether oxygens (including phenoxy) is 3. The average molecular weight is 599 g/mol. The Labute approximate surface area is 250 Å². The molecular formula is C34H50ClF3O3. The van der Waals surface area contributed by atoms with Gasteiger partial charge >= 0.3 is 6.11 Å². The van der Waals surface area contributed by atoms with Gasteiger partial charge in [-0.25, -0.2) is 4.39 Å². The lowest BCUT2D eigenvalue weighted by Crippen LogP contribution is -2.43. The van der Waals surface area contributed by atoms with Crippen molar-refractivity contribution in [3.63, 3.8) is 0 Å². The standard InChI is InChI=1S/C34H50ClF3O3/c1-2-3-4-5-23-6-8-25(9-7-23)28-21-39-33(40-22-28)26-10-15-29(16-11-26)34(37,38)41-30-17-12-24(13-18-30)27-14-19-31(35)32(36)20-27/h14,19-20,23-26,28-30,33H,2-13,15-18,21-22H2,1H3. The van der Waals surface area contributed by atoms with Crippen molar-refractivity contribution in [1.29, 1.82) is 0 Å². The van der Waals surface area contributed by atoms with Gasteiger partial charge in [-0.2, -0.15) is 8.78 Å². The van der Waals surface area contributed by atoms with Gasteiger partial charge in [0, 0.05) is 11.8 Å². The van der Waals surface area contributed by atoms with E-state index in [0.717, 1.165) is 24.7 Å². The SMILES string of the molecule is CCCCCC1CCC(C2COC(C3CCC(C(F)(F)OC4CCC(c5ccc(Cl)c(F)c5)CC4)CC3)OC2)CC1. The van der Waals surface area contributed by atoms with Gasteiger partial charge in [-0.15, -0.1) is 0 Å². The Bertz CT molecular complexity index is 929. The molecule has 0 N–H and O–H groups in total. The van der Waals surface area contributed by atoms with Gasteiger partial charge in [0.15, 0.2) is 6.29 Å². The first-order valence-electron chi connectivity index (χ1n) is 16.6. The highest BCUT2D eigenvalue weighted by Crippen LogP contribution is 2.45. The van der Waals surface area contributed by atoms with Crippen LogP contribution in [0, 0.1) is 35.4 Å². The summed E-state index contributed by atoms with van der Waals surface area (Å²) in [4.78, 5) is 0. The molecule has 1 aromatic carbocycles. The van der Waals surface area contributed by atoms with Crippen molar-refractivity contribution in [2.24, 2.45) is 29.6 Å². The number of benzene rings is 1. The van der Waals surface area contributed by atoms with Crippen LogP contribution >= 0.6 is 11.6 Å². The van der Waals surface area contributed by atoms with E-state index in [9.17, 15) is 4.39 Å². The summed E-state index contributed by atoms with van der Waals surface area (Å²) < 4.78 is 62.2. The number of unbranched alkanes of at least 4 members (excludes halogenated alkanes) is 2. The molecule has 0 spiro atoms. The van der Waals surface area contributed by atoms with Crippen molar-refractivity contribution in [3.05, 3.63) is 34.6 Å². The Hall–Kier alpha value is -0.820. The van der Waals surface area contributed by atoms with Gasteiger partial charge < -0.3 is 14.2 Å². The maximum atomic E-state index is 15.2. The van der Waals surface area contributed by atoms with Crippen LogP contribution in [0.3, 0.4) is 0 Å². The fraction of sp³-hybridized carbons (Fsp3) is 0.824. The predicted molar refractivity (Wildman–Crippen MR) is 157 cm³/mol. The van der Waals surface area contributed by atoms with E-state index < -0.39 is 23.9 Å². The summed E-state index contributed by atoms with van der Waals surface area (Å²) in [6.45, 7) is 3.77. The van der Waals surface area contributed by atoms with Gasteiger partial charge in [-0.05, 0) is 99.7 Å². The lowest BCUT2D eigenvalue weighted by atomic mass is 9.74. The van der Waals surface area contributed by atoms with E-state index in [2.05, 4.69) is 6.92 Å². The van der Waals surface area contributed by atoms with Crippen LogP contribution in [0.4, 0.5) is 13.2 Å². The van der Waals surface area contributed by atoms with Gasteiger partial charge in [0.25, 0.3) is 0 Å². The van der Waals surface area contributed by atoms with Gasteiger partial charge in [0.05, 0.1) is 30.3 Å². The zero-order chi connectivity index (χ0) is 28.8. The second kappa shape index (κ2) is 14.8. The molecule has 0 atom stereocenters. The van der Waals surface area contributed by atoms with Crippen LogP contribution in [0.25, 0.3) is 0 Å². The monoisotopic (exact) mass is 598 g/mol. The molecule has 0 bridgehead atoms. The molecule has 0 unspecified atom stereocenters. The predicted octanol–water partition coefficient (Wildman–Crippen LogP) is 10.3. The molecule has 1 aromatic rings. The minimum absolute atomic E-state index is 0.108. The van der Waals surface area contributed by atoms with Crippen molar-refractivity contribution >= 4 is 11.6 Å². The maximum Gasteiger partial charge on any atom is 0.358 e. The second-order valence-electron chi connectivity index (χ2n) is 13.5. The Kier molecular flexibility index (Phi) is 11.4. The van der Waals surface area contributed by atoms with Crippen molar-refractivity contribution in [1.82, 2.24) is 0 Å². The van der Waals surface area contributed by atoms with Crippen molar-refractivity contribution in [2.75, 3.05) is 13.2 Å². The zero-order valence-electron chi connectivity index (χ0n) is 24.8. The molecule has 0 radical (unpaired) electrons. The molecule has 232 valence electrons. The Morgan fingerprint density at radius 2 is 1.49 bits per heavy atom. The quantitative estimate of drug-likeness (QED) is 0.251. The Morgan fingerprint density at radius 3 is 2.12 bits per heavy atom. The number of hydrogen-bond donors (Lipinski definition) is 0. The van der Waals surface area contributed by atoms with Crippen LogP contribution in [0.15, 0.2) is 18.2 Å². The molecule has 7 heteroatoms. The van der Waals surface area contributed by atoms with Gasteiger partial charge in [-0.1, -0.05) is 63.1 Å². The van der Waals surface area contributed by atoms with Crippen LogP contribution in [0.2, 0.25) is 5.02 Å². The van der Waals surface area contributed by atoms with Crippen LogP contribution in [-0.4, -0.2) is 31.7 Å². The first-order valence-corrected chi connectivity index (χ1v) is 16.9. The molecule has 1 heterocycles. The number of hydrogen-bond acceptors (Lipinski definition) is 3. The number of rotatable bonds is 10. The fourth-order valence-electron chi connectivity index (χ4n) is 8.03. The molecule has 0 amide bonds. The molecule has 3 saturated carbocycles. The first-order chi connectivity index (χ1) is 19.8.